The smallest absolute Gasteiger partial charge is 0.410 e. The number of esters is 1. The van der Waals surface area contributed by atoms with Crippen LogP contribution in [0.15, 0.2) is 4.99 Å². The Hall–Kier alpha value is -1.99. The molecule has 1 unspecified atom stereocenters. The molecule has 0 saturated carbocycles. The molecule has 28 heavy (non-hydrogen) atoms. The number of nitrogens with zero attached hydrogens (tertiary/aromatic N) is 3. The largest absolute Gasteiger partial charge is 0.469 e. The van der Waals surface area contributed by atoms with Gasteiger partial charge in [-0.25, -0.2) is 4.79 Å². The minimum atomic E-state index is -0.472. The summed E-state index contributed by atoms with van der Waals surface area (Å²) in [4.78, 5) is 32.4. The van der Waals surface area contributed by atoms with E-state index in [2.05, 4.69) is 15.2 Å². The molecule has 2 saturated heterocycles. The Morgan fingerprint density at radius 2 is 1.79 bits per heavy atom. The Kier molecular flexibility index (Phi) is 7.95. The Balaban J connectivity index is 1.80. The van der Waals surface area contributed by atoms with Crippen LogP contribution in [-0.2, 0) is 14.3 Å². The molecule has 1 amide bonds. The normalized spacial score (nSPS) is 22.0. The topological polar surface area (TPSA) is 83.5 Å². The third-order valence-electron chi connectivity index (χ3n) is 5.26. The number of hydrogen-bond donors (Lipinski definition) is 1. The highest BCUT2D eigenvalue weighted by Crippen LogP contribution is 2.20. The van der Waals surface area contributed by atoms with Crippen molar-refractivity contribution in [2.24, 2.45) is 16.8 Å². The molecule has 2 heterocycles. The Bertz CT molecular complexity index is 565. The molecular weight excluding hydrogens is 360 g/mol. The Morgan fingerprint density at radius 3 is 2.36 bits per heavy atom. The number of rotatable bonds is 3. The molecule has 0 radical (unpaired) electrons. The number of ether oxygens (including phenoxy) is 2. The van der Waals surface area contributed by atoms with E-state index in [1.807, 2.05) is 25.7 Å². The first-order valence-corrected chi connectivity index (χ1v) is 10.2. The molecule has 8 nitrogen and oxygen atoms in total. The van der Waals surface area contributed by atoms with Crippen LogP contribution in [0.2, 0.25) is 0 Å². The molecule has 0 bridgehead atoms. The van der Waals surface area contributed by atoms with Gasteiger partial charge in [0.05, 0.1) is 13.0 Å². The lowest BCUT2D eigenvalue weighted by Crippen LogP contribution is -2.50. The number of hydrogen-bond acceptors (Lipinski definition) is 5. The molecule has 8 heteroatoms. The molecule has 2 rings (SSSR count). The standard InChI is InChI=1S/C20H36N4O4/c1-20(2,3)28-19(26)24-10-6-7-15(14-24)13-22-18(21-4)23-11-8-16(9-12-23)17(25)27-5/h15-16H,6-14H2,1-5H3,(H,21,22). The monoisotopic (exact) mass is 396 g/mol. The van der Waals surface area contributed by atoms with Crippen molar-refractivity contribution in [3.05, 3.63) is 0 Å². The lowest BCUT2D eigenvalue weighted by Gasteiger charge is -2.36. The van der Waals surface area contributed by atoms with E-state index in [9.17, 15) is 9.59 Å². The van der Waals surface area contributed by atoms with Gasteiger partial charge in [0.1, 0.15) is 5.60 Å². The summed E-state index contributed by atoms with van der Waals surface area (Å²) < 4.78 is 10.4. The predicted molar refractivity (Wildman–Crippen MR) is 108 cm³/mol. The van der Waals surface area contributed by atoms with Crippen molar-refractivity contribution < 1.29 is 19.1 Å². The van der Waals surface area contributed by atoms with Gasteiger partial charge >= 0.3 is 12.1 Å². The summed E-state index contributed by atoms with van der Waals surface area (Å²) in [6.45, 7) is 9.46. The number of carbonyl (C=O) groups is 2. The molecule has 0 spiro atoms. The van der Waals surface area contributed by atoms with Gasteiger partial charge in [-0.3, -0.25) is 9.79 Å². The molecule has 0 aromatic heterocycles. The summed E-state index contributed by atoms with van der Waals surface area (Å²) >= 11 is 0. The summed E-state index contributed by atoms with van der Waals surface area (Å²) in [6, 6.07) is 0. The van der Waals surface area contributed by atoms with E-state index in [4.69, 9.17) is 9.47 Å². The van der Waals surface area contributed by atoms with Crippen LogP contribution in [-0.4, -0.2) is 80.3 Å². The van der Waals surface area contributed by atoms with E-state index in [-0.39, 0.29) is 18.0 Å². The van der Waals surface area contributed by atoms with E-state index in [0.717, 1.165) is 57.8 Å². The minimum absolute atomic E-state index is 0.0138. The second kappa shape index (κ2) is 9.98. The van der Waals surface area contributed by atoms with Crippen LogP contribution >= 0.6 is 0 Å². The van der Waals surface area contributed by atoms with Gasteiger partial charge in [0.15, 0.2) is 5.96 Å². The second-order valence-corrected chi connectivity index (χ2v) is 8.65. The number of likely N-dealkylation sites (tertiary alicyclic amines) is 2. The van der Waals surface area contributed by atoms with E-state index in [1.165, 1.54) is 7.11 Å². The zero-order valence-electron chi connectivity index (χ0n) is 18.0. The lowest BCUT2D eigenvalue weighted by atomic mass is 9.97. The van der Waals surface area contributed by atoms with E-state index in [1.54, 1.807) is 7.05 Å². The van der Waals surface area contributed by atoms with Crippen LogP contribution in [0.25, 0.3) is 0 Å². The van der Waals surface area contributed by atoms with Crippen LogP contribution in [0, 0.1) is 11.8 Å². The van der Waals surface area contributed by atoms with Gasteiger partial charge in [-0.2, -0.15) is 0 Å². The van der Waals surface area contributed by atoms with Crippen molar-refractivity contribution in [3.8, 4) is 0 Å². The fourth-order valence-corrected chi connectivity index (χ4v) is 3.79. The van der Waals surface area contributed by atoms with Crippen molar-refractivity contribution in [2.45, 2.75) is 52.1 Å². The van der Waals surface area contributed by atoms with Gasteiger partial charge < -0.3 is 24.6 Å². The molecule has 2 aliphatic heterocycles. The predicted octanol–water partition coefficient (Wildman–Crippen LogP) is 2.09. The van der Waals surface area contributed by atoms with Crippen LogP contribution in [0.4, 0.5) is 4.79 Å². The average Bonchev–Trinajstić information content (AvgIpc) is 2.67. The highest BCUT2D eigenvalue weighted by atomic mass is 16.6. The molecule has 160 valence electrons. The van der Waals surface area contributed by atoms with Crippen LogP contribution in [0.1, 0.15) is 46.5 Å². The fraction of sp³-hybridized carbons (Fsp3) is 0.850. The maximum Gasteiger partial charge on any atom is 0.410 e. The number of methoxy groups -OCH3 is 1. The third kappa shape index (κ3) is 6.56. The summed E-state index contributed by atoms with van der Waals surface area (Å²) in [5.41, 5.74) is -0.472. The maximum atomic E-state index is 12.3. The van der Waals surface area contributed by atoms with Gasteiger partial charge in [0, 0.05) is 39.8 Å². The summed E-state index contributed by atoms with van der Waals surface area (Å²) in [5, 5.41) is 3.46. The molecule has 1 N–H and O–H groups in total. The zero-order chi connectivity index (χ0) is 20.7. The quantitative estimate of drug-likeness (QED) is 0.447. The van der Waals surface area contributed by atoms with Crippen LogP contribution in [0.5, 0.6) is 0 Å². The molecule has 1 atom stereocenters. The first kappa shape index (κ1) is 22.3. The van der Waals surface area contributed by atoms with E-state index < -0.39 is 5.60 Å². The number of guanidine groups is 1. The zero-order valence-corrected chi connectivity index (χ0v) is 18.0. The van der Waals surface area contributed by atoms with Crippen molar-refractivity contribution in [3.63, 3.8) is 0 Å². The lowest BCUT2D eigenvalue weighted by molar-refractivity contribution is -0.146. The third-order valence-corrected chi connectivity index (χ3v) is 5.26. The highest BCUT2D eigenvalue weighted by Gasteiger charge is 2.29. The van der Waals surface area contributed by atoms with Gasteiger partial charge in [-0.1, -0.05) is 0 Å². The maximum absolute atomic E-state index is 12.3. The van der Waals surface area contributed by atoms with Crippen LogP contribution < -0.4 is 5.32 Å². The van der Waals surface area contributed by atoms with Crippen molar-refractivity contribution in [1.29, 1.82) is 0 Å². The molecule has 0 aliphatic carbocycles. The number of piperidine rings is 2. The van der Waals surface area contributed by atoms with Gasteiger partial charge in [0.2, 0.25) is 0 Å². The van der Waals surface area contributed by atoms with Crippen LogP contribution in [0.3, 0.4) is 0 Å². The molecule has 2 fully saturated rings. The average molecular weight is 397 g/mol. The van der Waals surface area contributed by atoms with Gasteiger partial charge in [-0.15, -0.1) is 0 Å². The molecule has 0 aromatic rings. The summed E-state index contributed by atoms with van der Waals surface area (Å²) in [6.07, 6.45) is 3.39. The number of nitrogens with one attached hydrogen (secondary N) is 1. The Labute approximate surface area is 168 Å². The van der Waals surface area contributed by atoms with Gasteiger partial charge in [0.25, 0.3) is 0 Å². The highest BCUT2D eigenvalue weighted by molar-refractivity contribution is 5.80. The fourth-order valence-electron chi connectivity index (χ4n) is 3.79. The van der Waals surface area contributed by atoms with E-state index >= 15 is 0 Å². The number of aliphatic imine (C=N–C) groups is 1. The van der Waals surface area contributed by atoms with Crippen molar-refractivity contribution in [2.75, 3.05) is 46.9 Å². The number of carbonyl (C=O) groups excluding carboxylic acids is 2. The summed E-state index contributed by atoms with van der Waals surface area (Å²) in [5.74, 6) is 1.09. The first-order chi connectivity index (χ1) is 13.2. The van der Waals surface area contributed by atoms with Crippen molar-refractivity contribution in [1.82, 2.24) is 15.1 Å². The second-order valence-electron chi connectivity index (χ2n) is 8.65. The van der Waals surface area contributed by atoms with Crippen molar-refractivity contribution >= 4 is 18.0 Å². The minimum Gasteiger partial charge on any atom is -0.469 e. The molecular formula is C20H36N4O4. The molecule has 0 aromatic carbocycles. The summed E-state index contributed by atoms with van der Waals surface area (Å²) in [7, 11) is 3.22. The Morgan fingerprint density at radius 1 is 1.11 bits per heavy atom. The van der Waals surface area contributed by atoms with Gasteiger partial charge in [-0.05, 0) is 52.4 Å². The number of amides is 1. The SMILES string of the molecule is CN=C(NCC1CCCN(C(=O)OC(C)(C)C)C1)N1CCC(C(=O)OC)CC1. The molecule has 2 aliphatic rings. The first-order valence-electron chi connectivity index (χ1n) is 10.2. The van der Waals surface area contributed by atoms with E-state index in [0.29, 0.717) is 12.5 Å².